The first kappa shape index (κ1) is 17.4. The van der Waals surface area contributed by atoms with Crippen LogP contribution in [0, 0.1) is 0 Å². The van der Waals surface area contributed by atoms with Crippen LogP contribution < -0.4 is 5.32 Å². The Balaban J connectivity index is 1.46. The molecule has 0 unspecified atom stereocenters. The highest BCUT2D eigenvalue weighted by Gasteiger charge is 2.19. The van der Waals surface area contributed by atoms with Gasteiger partial charge >= 0.3 is 5.97 Å². The highest BCUT2D eigenvalue weighted by Crippen LogP contribution is 2.17. The highest BCUT2D eigenvalue weighted by molar-refractivity contribution is 5.89. The SMILES string of the molecule is CCOC(=O)c1ccc(NC2CCN(Cc3ccccc3)CC2)nc1. The Labute approximate surface area is 149 Å². The zero-order chi connectivity index (χ0) is 17.5. The number of hydrogen-bond acceptors (Lipinski definition) is 5. The summed E-state index contributed by atoms with van der Waals surface area (Å²) < 4.78 is 4.97. The smallest absolute Gasteiger partial charge is 0.339 e. The van der Waals surface area contributed by atoms with Crippen LogP contribution >= 0.6 is 0 Å². The lowest BCUT2D eigenvalue weighted by molar-refractivity contribution is 0.0526. The van der Waals surface area contributed by atoms with E-state index in [2.05, 4.69) is 45.5 Å². The van der Waals surface area contributed by atoms with Gasteiger partial charge < -0.3 is 10.1 Å². The van der Waals surface area contributed by atoms with Gasteiger partial charge in [0.25, 0.3) is 0 Å². The van der Waals surface area contributed by atoms with E-state index in [9.17, 15) is 4.79 Å². The molecule has 1 saturated heterocycles. The van der Waals surface area contributed by atoms with Crippen LogP contribution in [0.3, 0.4) is 0 Å². The summed E-state index contributed by atoms with van der Waals surface area (Å²) in [5.74, 6) is 0.491. The van der Waals surface area contributed by atoms with Crippen LogP contribution in [-0.2, 0) is 11.3 Å². The summed E-state index contributed by atoms with van der Waals surface area (Å²) in [5, 5.41) is 3.47. The Morgan fingerprint density at radius 1 is 1.20 bits per heavy atom. The van der Waals surface area contributed by atoms with Gasteiger partial charge in [0, 0.05) is 31.9 Å². The van der Waals surface area contributed by atoms with Gasteiger partial charge in [-0.05, 0) is 37.5 Å². The van der Waals surface area contributed by atoms with Gasteiger partial charge in [0.2, 0.25) is 0 Å². The maximum absolute atomic E-state index is 11.6. The van der Waals surface area contributed by atoms with Crippen LogP contribution in [0.2, 0.25) is 0 Å². The fourth-order valence-electron chi connectivity index (χ4n) is 3.10. The van der Waals surface area contributed by atoms with Crippen molar-refractivity contribution in [2.45, 2.75) is 32.4 Å². The zero-order valence-electron chi connectivity index (χ0n) is 14.6. The molecular weight excluding hydrogens is 314 g/mol. The normalized spacial score (nSPS) is 15.7. The van der Waals surface area contributed by atoms with E-state index in [4.69, 9.17) is 4.74 Å². The number of benzene rings is 1. The molecule has 1 aromatic carbocycles. The fraction of sp³-hybridized carbons (Fsp3) is 0.400. The molecule has 1 N–H and O–H groups in total. The van der Waals surface area contributed by atoms with Crippen molar-refractivity contribution in [1.29, 1.82) is 0 Å². The number of hydrogen-bond donors (Lipinski definition) is 1. The average Bonchev–Trinajstić information content (AvgIpc) is 2.65. The number of pyridine rings is 1. The fourth-order valence-corrected chi connectivity index (χ4v) is 3.10. The third-order valence-corrected chi connectivity index (χ3v) is 4.46. The monoisotopic (exact) mass is 339 g/mol. The molecule has 0 amide bonds. The Morgan fingerprint density at radius 3 is 2.60 bits per heavy atom. The third-order valence-electron chi connectivity index (χ3n) is 4.46. The van der Waals surface area contributed by atoms with Gasteiger partial charge in [0.1, 0.15) is 5.82 Å². The molecule has 1 fully saturated rings. The number of nitrogens with one attached hydrogen (secondary N) is 1. The summed E-state index contributed by atoms with van der Waals surface area (Å²) >= 11 is 0. The minimum absolute atomic E-state index is 0.323. The number of ether oxygens (including phenoxy) is 1. The van der Waals surface area contributed by atoms with E-state index in [1.807, 2.05) is 6.07 Å². The molecule has 0 radical (unpaired) electrons. The molecule has 0 bridgehead atoms. The molecule has 1 aliphatic heterocycles. The number of rotatable bonds is 6. The lowest BCUT2D eigenvalue weighted by atomic mass is 10.0. The first-order valence-electron chi connectivity index (χ1n) is 8.90. The third kappa shape index (κ3) is 5.03. The Bertz CT molecular complexity index is 665. The molecule has 0 atom stereocenters. The molecule has 1 aromatic heterocycles. The number of carbonyl (C=O) groups is 1. The zero-order valence-corrected chi connectivity index (χ0v) is 14.6. The Kier molecular flexibility index (Phi) is 6.01. The van der Waals surface area contributed by atoms with E-state index in [0.29, 0.717) is 18.2 Å². The van der Waals surface area contributed by atoms with Crippen molar-refractivity contribution in [2.75, 3.05) is 25.0 Å². The van der Waals surface area contributed by atoms with Crippen LogP contribution in [0.25, 0.3) is 0 Å². The molecule has 5 heteroatoms. The van der Waals surface area contributed by atoms with Crippen LogP contribution in [0.5, 0.6) is 0 Å². The topological polar surface area (TPSA) is 54.5 Å². The average molecular weight is 339 g/mol. The van der Waals surface area contributed by atoms with E-state index in [0.717, 1.165) is 38.3 Å². The largest absolute Gasteiger partial charge is 0.462 e. The maximum Gasteiger partial charge on any atom is 0.339 e. The Morgan fingerprint density at radius 2 is 1.96 bits per heavy atom. The van der Waals surface area contributed by atoms with E-state index < -0.39 is 0 Å². The predicted molar refractivity (Wildman–Crippen MR) is 98.6 cm³/mol. The molecule has 0 spiro atoms. The summed E-state index contributed by atoms with van der Waals surface area (Å²) in [4.78, 5) is 18.5. The van der Waals surface area contributed by atoms with Crippen LogP contribution in [0.15, 0.2) is 48.7 Å². The van der Waals surface area contributed by atoms with Gasteiger partial charge in [-0.2, -0.15) is 0 Å². The number of esters is 1. The van der Waals surface area contributed by atoms with E-state index >= 15 is 0 Å². The molecular formula is C20H25N3O2. The highest BCUT2D eigenvalue weighted by atomic mass is 16.5. The van der Waals surface area contributed by atoms with Crippen molar-refractivity contribution < 1.29 is 9.53 Å². The van der Waals surface area contributed by atoms with Crippen LogP contribution in [0.1, 0.15) is 35.7 Å². The van der Waals surface area contributed by atoms with Gasteiger partial charge in [-0.25, -0.2) is 9.78 Å². The van der Waals surface area contributed by atoms with Gasteiger partial charge in [-0.1, -0.05) is 30.3 Å². The van der Waals surface area contributed by atoms with Crippen molar-refractivity contribution in [2.24, 2.45) is 0 Å². The summed E-state index contributed by atoms with van der Waals surface area (Å²) in [5.41, 5.74) is 1.86. The van der Waals surface area contributed by atoms with Crippen molar-refractivity contribution in [3.63, 3.8) is 0 Å². The van der Waals surface area contributed by atoms with Gasteiger partial charge in [0.15, 0.2) is 0 Å². The first-order valence-corrected chi connectivity index (χ1v) is 8.90. The van der Waals surface area contributed by atoms with E-state index in [1.54, 1.807) is 19.2 Å². The van der Waals surface area contributed by atoms with Crippen molar-refractivity contribution in [3.05, 3.63) is 59.8 Å². The molecule has 3 rings (SSSR count). The second kappa shape index (κ2) is 8.62. The van der Waals surface area contributed by atoms with Crippen molar-refractivity contribution >= 4 is 11.8 Å². The molecule has 0 aliphatic carbocycles. The quantitative estimate of drug-likeness (QED) is 0.818. The molecule has 25 heavy (non-hydrogen) atoms. The molecule has 5 nitrogen and oxygen atoms in total. The second-order valence-corrected chi connectivity index (χ2v) is 6.33. The van der Waals surface area contributed by atoms with Gasteiger partial charge in [-0.3, -0.25) is 4.90 Å². The van der Waals surface area contributed by atoms with Gasteiger partial charge in [0.05, 0.1) is 12.2 Å². The number of piperidine rings is 1. The molecule has 1 aliphatic rings. The summed E-state index contributed by atoms with van der Waals surface area (Å²) in [6.07, 6.45) is 3.76. The van der Waals surface area contributed by atoms with Crippen LogP contribution in [-0.4, -0.2) is 41.6 Å². The number of aromatic nitrogens is 1. The standard InChI is InChI=1S/C20H25N3O2/c1-2-25-20(24)17-8-9-19(21-14-17)22-18-10-12-23(13-11-18)15-16-6-4-3-5-7-16/h3-9,14,18H,2,10-13,15H2,1H3,(H,21,22). The number of anilines is 1. The van der Waals surface area contributed by atoms with Gasteiger partial charge in [-0.15, -0.1) is 0 Å². The minimum Gasteiger partial charge on any atom is -0.462 e. The van der Waals surface area contributed by atoms with Crippen LogP contribution in [0.4, 0.5) is 5.82 Å². The van der Waals surface area contributed by atoms with Crippen molar-refractivity contribution in [3.8, 4) is 0 Å². The molecule has 2 heterocycles. The molecule has 2 aromatic rings. The van der Waals surface area contributed by atoms with E-state index in [1.165, 1.54) is 5.56 Å². The first-order chi connectivity index (χ1) is 12.2. The lowest BCUT2D eigenvalue weighted by Gasteiger charge is -2.32. The Hall–Kier alpha value is -2.40. The summed E-state index contributed by atoms with van der Waals surface area (Å²) in [6, 6.07) is 14.6. The summed E-state index contributed by atoms with van der Waals surface area (Å²) in [6.45, 7) is 5.34. The number of nitrogens with zero attached hydrogens (tertiary/aromatic N) is 2. The van der Waals surface area contributed by atoms with E-state index in [-0.39, 0.29) is 5.97 Å². The molecule has 0 saturated carbocycles. The minimum atomic E-state index is -0.323. The lowest BCUT2D eigenvalue weighted by Crippen LogP contribution is -2.38. The molecule has 132 valence electrons. The summed E-state index contributed by atoms with van der Waals surface area (Å²) in [7, 11) is 0. The predicted octanol–water partition coefficient (Wildman–Crippen LogP) is 3.33. The number of likely N-dealkylation sites (tertiary alicyclic amines) is 1. The maximum atomic E-state index is 11.6. The van der Waals surface area contributed by atoms with Crippen molar-refractivity contribution in [1.82, 2.24) is 9.88 Å². The number of carbonyl (C=O) groups excluding carboxylic acids is 1. The second-order valence-electron chi connectivity index (χ2n) is 6.33.